The van der Waals surface area contributed by atoms with Gasteiger partial charge in [0.2, 0.25) is 0 Å². The molecule has 0 aliphatic carbocycles. The van der Waals surface area contributed by atoms with Crippen molar-refractivity contribution in [3.63, 3.8) is 0 Å². The molecule has 4 rings (SSSR count). The van der Waals surface area contributed by atoms with Crippen LogP contribution < -0.4 is 5.73 Å². The summed E-state index contributed by atoms with van der Waals surface area (Å²) >= 11 is 1.73. The third-order valence-corrected chi connectivity index (χ3v) is 6.52. The van der Waals surface area contributed by atoms with Gasteiger partial charge in [0.1, 0.15) is 5.65 Å². The molecule has 1 unspecified atom stereocenters. The van der Waals surface area contributed by atoms with E-state index in [1.165, 1.54) is 0 Å². The van der Waals surface area contributed by atoms with Crippen LogP contribution in [0.3, 0.4) is 0 Å². The maximum Gasteiger partial charge on any atom is 0.253 e. The number of nitrogens with two attached hydrogens (primary N) is 1. The number of imidazole rings is 1. The van der Waals surface area contributed by atoms with Gasteiger partial charge >= 0.3 is 0 Å². The van der Waals surface area contributed by atoms with E-state index in [0.29, 0.717) is 5.92 Å². The van der Waals surface area contributed by atoms with E-state index >= 15 is 0 Å². The normalized spacial score (nSPS) is 16.4. The lowest BCUT2D eigenvalue weighted by Crippen LogP contribution is -2.42. The minimum absolute atomic E-state index is 0.125. The largest absolute Gasteiger partial charge is 0.339 e. The van der Waals surface area contributed by atoms with Gasteiger partial charge in [0, 0.05) is 47.7 Å². The summed E-state index contributed by atoms with van der Waals surface area (Å²) in [6, 6.07) is 14.1. The van der Waals surface area contributed by atoms with Crippen molar-refractivity contribution in [2.75, 3.05) is 13.1 Å². The van der Waals surface area contributed by atoms with E-state index in [9.17, 15) is 4.79 Å². The summed E-state index contributed by atoms with van der Waals surface area (Å²) in [6.07, 6.45) is 6.06. The van der Waals surface area contributed by atoms with E-state index in [0.717, 1.165) is 53.5 Å². The average Bonchev–Trinajstić information content (AvgIpc) is 3.15. The van der Waals surface area contributed by atoms with Crippen LogP contribution in [0, 0.1) is 5.92 Å². The predicted molar refractivity (Wildman–Crippen MR) is 113 cm³/mol. The second-order valence-corrected chi connectivity index (χ2v) is 8.55. The van der Waals surface area contributed by atoms with Gasteiger partial charge in [-0.15, -0.1) is 11.8 Å². The Morgan fingerprint density at radius 3 is 2.64 bits per heavy atom. The van der Waals surface area contributed by atoms with Crippen LogP contribution in [-0.2, 0) is 5.75 Å². The highest BCUT2D eigenvalue weighted by molar-refractivity contribution is 7.98. The molecule has 0 spiro atoms. The van der Waals surface area contributed by atoms with Gasteiger partial charge in [-0.3, -0.25) is 4.79 Å². The molecule has 1 aliphatic rings. The Morgan fingerprint density at radius 2 is 1.96 bits per heavy atom. The van der Waals surface area contributed by atoms with Crippen LogP contribution in [0.15, 0.2) is 59.8 Å². The van der Waals surface area contributed by atoms with Gasteiger partial charge in [0.05, 0.1) is 5.69 Å². The molecule has 1 aliphatic heterocycles. The number of likely N-dealkylation sites (tertiary alicyclic amines) is 1. The molecular formula is C22H26N4OS. The van der Waals surface area contributed by atoms with Crippen LogP contribution in [0.25, 0.3) is 5.65 Å². The highest BCUT2D eigenvalue weighted by Crippen LogP contribution is 2.25. The summed E-state index contributed by atoms with van der Waals surface area (Å²) in [6.45, 7) is 3.66. The maximum absolute atomic E-state index is 12.7. The highest BCUT2D eigenvalue weighted by Gasteiger charge is 2.25. The van der Waals surface area contributed by atoms with Crippen LogP contribution in [0.4, 0.5) is 0 Å². The van der Waals surface area contributed by atoms with Crippen molar-refractivity contribution in [3.8, 4) is 0 Å². The van der Waals surface area contributed by atoms with Crippen molar-refractivity contribution in [3.05, 3.63) is 66.1 Å². The van der Waals surface area contributed by atoms with Crippen molar-refractivity contribution in [1.82, 2.24) is 14.3 Å². The lowest BCUT2D eigenvalue weighted by Gasteiger charge is -2.33. The van der Waals surface area contributed by atoms with Crippen molar-refractivity contribution in [2.24, 2.45) is 11.7 Å². The SMILES string of the molecule is CC(N)C1CCN(C(=O)c2ccc(SCc3cn4ccccc4n3)cc2)CC1. The van der Waals surface area contributed by atoms with Gasteiger partial charge in [0.15, 0.2) is 0 Å². The van der Waals surface area contributed by atoms with Crippen LogP contribution in [0.5, 0.6) is 0 Å². The maximum atomic E-state index is 12.7. The monoisotopic (exact) mass is 394 g/mol. The van der Waals surface area contributed by atoms with Crippen molar-refractivity contribution in [1.29, 1.82) is 0 Å². The Morgan fingerprint density at radius 1 is 1.21 bits per heavy atom. The molecule has 3 heterocycles. The number of hydrogen-bond acceptors (Lipinski definition) is 4. The average molecular weight is 395 g/mol. The van der Waals surface area contributed by atoms with Gasteiger partial charge in [-0.25, -0.2) is 4.98 Å². The molecule has 0 bridgehead atoms. The molecule has 2 aromatic heterocycles. The van der Waals surface area contributed by atoms with Gasteiger partial charge in [-0.1, -0.05) is 6.07 Å². The molecule has 3 aromatic rings. The molecule has 1 aromatic carbocycles. The van der Waals surface area contributed by atoms with Crippen molar-refractivity contribution < 1.29 is 4.79 Å². The first-order valence-electron chi connectivity index (χ1n) is 9.80. The van der Waals surface area contributed by atoms with Crippen LogP contribution in [0.1, 0.15) is 35.8 Å². The minimum Gasteiger partial charge on any atom is -0.339 e. The fourth-order valence-corrected chi connectivity index (χ4v) is 4.50. The molecule has 1 fully saturated rings. The highest BCUT2D eigenvalue weighted by atomic mass is 32.2. The van der Waals surface area contributed by atoms with Crippen LogP contribution in [0.2, 0.25) is 0 Å². The van der Waals surface area contributed by atoms with Gasteiger partial charge in [-0.2, -0.15) is 0 Å². The Bertz CT molecular complexity index is 910. The molecule has 0 saturated carbocycles. The number of thioether (sulfide) groups is 1. The number of hydrogen-bond donors (Lipinski definition) is 1. The summed E-state index contributed by atoms with van der Waals surface area (Å²) in [5.41, 5.74) is 8.77. The number of carbonyl (C=O) groups excluding carboxylic acids is 1. The molecule has 6 heteroatoms. The zero-order chi connectivity index (χ0) is 19.5. The first-order valence-corrected chi connectivity index (χ1v) is 10.8. The zero-order valence-electron chi connectivity index (χ0n) is 16.1. The van der Waals surface area contributed by atoms with E-state index in [2.05, 4.69) is 18.1 Å². The Hall–Kier alpha value is -2.31. The van der Waals surface area contributed by atoms with E-state index < -0.39 is 0 Å². The number of nitrogens with zero attached hydrogens (tertiary/aromatic N) is 3. The standard InChI is InChI=1S/C22H26N4OS/c1-16(23)17-9-12-25(13-10-17)22(27)18-5-7-20(8-6-18)28-15-19-14-26-11-3-2-4-21(26)24-19/h2-8,11,14,16-17H,9-10,12-13,15,23H2,1H3. The Kier molecular flexibility index (Phi) is 5.69. The molecular weight excluding hydrogens is 368 g/mol. The summed E-state index contributed by atoms with van der Waals surface area (Å²) in [5, 5.41) is 0. The van der Waals surface area contributed by atoms with Gasteiger partial charge in [-0.05, 0) is 62.1 Å². The molecule has 2 N–H and O–H groups in total. The number of pyridine rings is 1. The molecule has 0 radical (unpaired) electrons. The fourth-order valence-electron chi connectivity index (χ4n) is 3.72. The first-order chi connectivity index (χ1) is 13.6. The number of amides is 1. The number of aromatic nitrogens is 2. The Labute approximate surface area is 169 Å². The van der Waals surface area contributed by atoms with E-state index in [1.54, 1.807) is 11.8 Å². The first kappa shape index (κ1) is 19.0. The topological polar surface area (TPSA) is 63.6 Å². The zero-order valence-corrected chi connectivity index (χ0v) is 16.9. The molecule has 1 saturated heterocycles. The number of fused-ring (bicyclic) bond motifs is 1. The second kappa shape index (κ2) is 8.37. The third-order valence-electron chi connectivity index (χ3n) is 5.47. The van der Waals surface area contributed by atoms with Gasteiger partial charge in [0.25, 0.3) is 5.91 Å². The summed E-state index contributed by atoms with van der Waals surface area (Å²) in [7, 11) is 0. The van der Waals surface area contributed by atoms with Gasteiger partial charge < -0.3 is 15.0 Å². The number of piperidine rings is 1. The van der Waals surface area contributed by atoms with E-state index in [4.69, 9.17) is 5.73 Å². The summed E-state index contributed by atoms with van der Waals surface area (Å²) in [4.78, 5) is 20.5. The number of benzene rings is 1. The van der Waals surface area contributed by atoms with Crippen LogP contribution in [-0.4, -0.2) is 39.3 Å². The van der Waals surface area contributed by atoms with E-state index in [1.807, 2.05) is 58.0 Å². The lowest BCUT2D eigenvalue weighted by atomic mass is 9.90. The smallest absolute Gasteiger partial charge is 0.253 e. The second-order valence-electron chi connectivity index (χ2n) is 7.50. The quantitative estimate of drug-likeness (QED) is 0.668. The third kappa shape index (κ3) is 4.23. The molecule has 1 atom stereocenters. The minimum atomic E-state index is 0.125. The lowest BCUT2D eigenvalue weighted by molar-refractivity contribution is 0.0681. The van der Waals surface area contributed by atoms with Crippen molar-refractivity contribution in [2.45, 2.75) is 36.5 Å². The fraction of sp³-hybridized carbons (Fsp3) is 0.364. The number of rotatable bonds is 5. The predicted octanol–water partition coefficient (Wildman–Crippen LogP) is 3.83. The number of carbonyl (C=O) groups is 1. The molecule has 28 heavy (non-hydrogen) atoms. The molecule has 1 amide bonds. The Balaban J connectivity index is 1.34. The summed E-state index contributed by atoms with van der Waals surface area (Å²) < 4.78 is 2.03. The van der Waals surface area contributed by atoms with Crippen LogP contribution >= 0.6 is 11.8 Å². The molecule has 146 valence electrons. The van der Waals surface area contributed by atoms with E-state index in [-0.39, 0.29) is 11.9 Å². The molecule has 5 nitrogen and oxygen atoms in total. The summed E-state index contributed by atoms with van der Waals surface area (Å²) in [5.74, 6) is 1.46. The van der Waals surface area contributed by atoms with Crippen molar-refractivity contribution >= 4 is 23.3 Å².